The van der Waals surface area contributed by atoms with Gasteiger partial charge in [-0.25, -0.2) is 8.42 Å². The van der Waals surface area contributed by atoms with Gasteiger partial charge in [0.2, 0.25) is 0 Å². The topological polar surface area (TPSA) is 46.6 Å². The van der Waals surface area contributed by atoms with E-state index in [9.17, 15) is 8.42 Å². The van der Waals surface area contributed by atoms with Crippen molar-refractivity contribution in [1.82, 2.24) is 4.31 Å². The molecule has 1 fully saturated rings. The first-order valence-electron chi connectivity index (χ1n) is 6.51. The Bertz CT molecular complexity index is 542. The summed E-state index contributed by atoms with van der Waals surface area (Å²) in [7, 11) is -3.46. The van der Waals surface area contributed by atoms with Crippen LogP contribution in [-0.2, 0) is 14.8 Å². The zero-order valence-electron chi connectivity index (χ0n) is 11.1. The van der Waals surface area contributed by atoms with E-state index in [0.717, 1.165) is 30.6 Å². The number of nitrogens with zero attached hydrogens (tertiary/aromatic N) is 1. The fourth-order valence-electron chi connectivity index (χ4n) is 2.12. The van der Waals surface area contributed by atoms with Gasteiger partial charge < -0.3 is 4.74 Å². The number of ether oxygens (including phenoxy) is 1. The maximum absolute atomic E-state index is 12.6. The van der Waals surface area contributed by atoms with Crippen molar-refractivity contribution in [2.75, 3.05) is 19.7 Å². The number of hydrogen-bond acceptors (Lipinski definition) is 4. The summed E-state index contributed by atoms with van der Waals surface area (Å²) >= 11 is 10.3. The van der Waals surface area contributed by atoms with Crippen LogP contribution in [0, 0.1) is 0 Å². The average molecular weight is 403 g/mol. The van der Waals surface area contributed by atoms with E-state index in [4.69, 9.17) is 16.3 Å². The van der Waals surface area contributed by atoms with E-state index < -0.39 is 10.0 Å². The Balaban J connectivity index is 2.12. The van der Waals surface area contributed by atoms with Gasteiger partial charge >= 0.3 is 0 Å². The van der Waals surface area contributed by atoms with E-state index in [2.05, 4.69) is 15.9 Å². The third kappa shape index (κ3) is 3.75. The van der Waals surface area contributed by atoms with Gasteiger partial charge in [-0.2, -0.15) is 4.31 Å². The van der Waals surface area contributed by atoms with Crippen LogP contribution in [-0.4, -0.2) is 38.5 Å². The Morgan fingerprint density at radius 1 is 1.60 bits per heavy atom. The second-order valence-electron chi connectivity index (χ2n) is 4.69. The maximum Gasteiger partial charge on any atom is 0.252 e. The lowest BCUT2D eigenvalue weighted by Gasteiger charge is -2.31. The van der Waals surface area contributed by atoms with Crippen LogP contribution in [0.25, 0.3) is 0 Å². The van der Waals surface area contributed by atoms with E-state index >= 15 is 0 Å². The number of thiophene rings is 1. The van der Waals surface area contributed by atoms with E-state index in [0.29, 0.717) is 28.5 Å². The van der Waals surface area contributed by atoms with Gasteiger partial charge in [-0.3, -0.25) is 0 Å². The molecule has 2 heterocycles. The summed E-state index contributed by atoms with van der Waals surface area (Å²) in [5, 5.41) is 0.435. The highest BCUT2D eigenvalue weighted by Gasteiger charge is 2.32. The monoisotopic (exact) mass is 401 g/mol. The van der Waals surface area contributed by atoms with Crippen LogP contribution in [0.5, 0.6) is 0 Å². The van der Waals surface area contributed by atoms with Crippen LogP contribution in [0.4, 0.5) is 0 Å². The van der Waals surface area contributed by atoms with Crippen LogP contribution < -0.4 is 0 Å². The van der Waals surface area contributed by atoms with Crippen LogP contribution in [0.1, 0.15) is 26.2 Å². The van der Waals surface area contributed by atoms with E-state index in [-0.39, 0.29) is 10.3 Å². The average Bonchev–Trinajstić information content (AvgIpc) is 2.77. The Hall–Kier alpha value is 0.340. The van der Waals surface area contributed by atoms with Crippen molar-refractivity contribution in [1.29, 1.82) is 0 Å². The van der Waals surface area contributed by atoms with Gasteiger partial charge in [0.05, 0.1) is 14.9 Å². The molecular formula is C12H17BrClNO3S2. The largest absolute Gasteiger partial charge is 0.377 e. The second-order valence-corrected chi connectivity index (χ2v) is 9.63. The van der Waals surface area contributed by atoms with Crippen molar-refractivity contribution in [3.05, 3.63) is 14.9 Å². The fourth-order valence-corrected chi connectivity index (χ4v) is 6.19. The molecule has 8 heteroatoms. The Morgan fingerprint density at radius 3 is 2.95 bits per heavy atom. The fraction of sp³-hybridized carbons (Fsp3) is 0.667. The van der Waals surface area contributed by atoms with Crippen LogP contribution in [0.2, 0.25) is 5.02 Å². The molecule has 1 aromatic heterocycles. The number of halogens is 2. The lowest BCUT2D eigenvalue weighted by Crippen LogP contribution is -2.43. The third-order valence-electron chi connectivity index (χ3n) is 3.12. The summed E-state index contributed by atoms with van der Waals surface area (Å²) in [5.74, 6) is 0. The van der Waals surface area contributed by atoms with Gasteiger partial charge in [-0.15, -0.1) is 11.3 Å². The van der Waals surface area contributed by atoms with Crippen molar-refractivity contribution < 1.29 is 13.2 Å². The molecule has 4 nitrogen and oxygen atoms in total. The van der Waals surface area contributed by atoms with Gasteiger partial charge in [0.25, 0.3) is 10.0 Å². The lowest BCUT2D eigenvalue weighted by molar-refractivity contribution is 0.0194. The van der Waals surface area contributed by atoms with E-state index in [1.165, 1.54) is 10.4 Å². The molecule has 1 saturated heterocycles. The lowest BCUT2D eigenvalue weighted by atomic mass is 10.1. The molecule has 1 aliphatic heterocycles. The number of hydrogen-bond donors (Lipinski definition) is 0. The molecule has 0 spiro atoms. The van der Waals surface area contributed by atoms with Gasteiger partial charge in [-0.1, -0.05) is 18.5 Å². The molecule has 0 aromatic carbocycles. The molecule has 114 valence electrons. The Kier molecular flexibility index (Phi) is 5.90. The summed E-state index contributed by atoms with van der Waals surface area (Å²) < 4.78 is 33.3. The molecule has 0 radical (unpaired) electrons. The number of sulfonamides is 1. The van der Waals surface area contributed by atoms with Crippen LogP contribution in [0.3, 0.4) is 0 Å². The minimum absolute atomic E-state index is 0.00245. The maximum atomic E-state index is 12.6. The standard InChI is InChI=1S/C12H17BrClNO3S2/c1-2-6-18-9-4-3-5-15(8-9)20(16,17)11-7-10(14)12(13)19-11/h7,9H,2-6,8H2,1H3. The highest BCUT2D eigenvalue weighted by atomic mass is 79.9. The van der Waals surface area contributed by atoms with Gasteiger partial charge in [0.1, 0.15) is 4.21 Å². The smallest absolute Gasteiger partial charge is 0.252 e. The summed E-state index contributed by atoms with van der Waals surface area (Å²) in [6.45, 7) is 3.69. The summed E-state index contributed by atoms with van der Waals surface area (Å²) in [4.78, 5) is 0. The predicted molar refractivity (Wildman–Crippen MR) is 85.1 cm³/mol. The molecular weight excluding hydrogens is 386 g/mol. The van der Waals surface area contributed by atoms with Crippen LogP contribution >= 0.6 is 38.9 Å². The van der Waals surface area contributed by atoms with E-state index in [1.807, 2.05) is 6.92 Å². The summed E-state index contributed by atoms with van der Waals surface area (Å²) in [5.41, 5.74) is 0. The van der Waals surface area contributed by atoms with E-state index in [1.54, 1.807) is 0 Å². The van der Waals surface area contributed by atoms with Crippen LogP contribution in [0.15, 0.2) is 14.1 Å². The zero-order chi connectivity index (χ0) is 14.8. The normalized spacial score (nSPS) is 21.2. The van der Waals surface area contributed by atoms with Crippen molar-refractivity contribution >= 4 is 48.9 Å². The second kappa shape index (κ2) is 7.07. The third-order valence-corrected chi connectivity index (χ3v) is 7.90. The molecule has 2 rings (SSSR count). The van der Waals surface area contributed by atoms with Crippen molar-refractivity contribution in [2.24, 2.45) is 0 Å². The zero-order valence-corrected chi connectivity index (χ0v) is 15.1. The molecule has 0 bridgehead atoms. The molecule has 20 heavy (non-hydrogen) atoms. The quantitative estimate of drug-likeness (QED) is 0.753. The highest BCUT2D eigenvalue weighted by molar-refractivity contribution is 9.11. The minimum Gasteiger partial charge on any atom is -0.377 e. The molecule has 1 aliphatic rings. The molecule has 0 N–H and O–H groups in total. The van der Waals surface area contributed by atoms with Gasteiger partial charge in [0.15, 0.2) is 0 Å². The summed E-state index contributed by atoms with van der Waals surface area (Å²) in [6.07, 6.45) is 2.68. The first kappa shape index (κ1) is 16.7. The predicted octanol–water partition coefficient (Wildman–Crippen LogP) is 3.74. The number of rotatable bonds is 5. The van der Waals surface area contributed by atoms with Crippen molar-refractivity contribution in [2.45, 2.75) is 36.5 Å². The minimum atomic E-state index is -3.46. The molecule has 0 saturated carbocycles. The molecule has 1 aromatic rings. The number of piperidine rings is 1. The Labute approximate surface area is 137 Å². The molecule has 0 amide bonds. The molecule has 0 aliphatic carbocycles. The van der Waals surface area contributed by atoms with Crippen molar-refractivity contribution in [3.63, 3.8) is 0 Å². The first-order valence-corrected chi connectivity index (χ1v) is 9.94. The SMILES string of the molecule is CCCOC1CCCN(S(=O)(=O)c2cc(Cl)c(Br)s2)C1. The first-order chi connectivity index (χ1) is 9.45. The van der Waals surface area contributed by atoms with Crippen molar-refractivity contribution in [3.8, 4) is 0 Å². The Morgan fingerprint density at radius 2 is 2.35 bits per heavy atom. The summed E-state index contributed by atoms with van der Waals surface area (Å²) in [6, 6.07) is 1.50. The van der Waals surface area contributed by atoms with Gasteiger partial charge in [-0.05, 0) is 41.3 Å². The van der Waals surface area contributed by atoms with Gasteiger partial charge in [0, 0.05) is 19.7 Å². The molecule has 1 atom stereocenters. The molecule has 1 unspecified atom stereocenters. The highest BCUT2D eigenvalue weighted by Crippen LogP contribution is 2.36.